The van der Waals surface area contributed by atoms with Crippen molar-refractivity contribution < 1.29 is 9.53 Å². The van der Waals surface area contributed by atoms with Gasteiger partial charge < -0.3 is 25.2 Å². The second-order valence-electron chi connectivity index (χ2n) is 6.57. The van der Waals surface area contributed by atoms with Crippen LogP contribution < -0.4 is 20.3 Å². The van der Waals surface area contributed by atoms with Gasteiger partial charge in [-0.25, -0.2) is 0 Å². The number of carbonyl (C=O) groups is 1. The zero-order valence-electron chi connectivity index (χ0n) is 16.1. The van der Waals surface area contributed by atoms with Gasteiger partial charge in [-0.3, -0.25) is 4.79 Å². The lowest BCUT2D eigenvalue weighted by molar-refractivity contribution is -0.114. The van der Waals surface area contributed by atoms with Crippen LogP contribution in [0.5, 0.6) is 5.75 Å². The Bertz CT molecular complexity index is 740. The first kappa shape index (κ1) is 19.0. The van der Waals surface area contributed by atoms with Gasteiger partial charge in [0.15, 0.2) is 0 Å². The first-order valence-electron chi connectivity index (χ1n) is 9.43. The van der Waals surface area contributed by atoms with E-state index in [-0.39, 0.29) is 12.5 Å². The van der Waals surface area contributed by atoms with Crippen LogP contribution in [0.4, 0.5) is 17.1 Å². The number of nitrogens with zero attached hydrogens (tertiary/aromatic N) is 2. The standard InChI is InChI=1S/C21H28N4O2/c1-3-24-12-14-25(15-13-24)18-10-8-17(9-11-18)23-21(26)16-22-19-6-4-5-7-20(19)27-2/h4-11,22H,3,12-16H2,1-2H3,(H,23,26). The fraction of sp³-hybridized carbons (Fsp3) is 0.381. The Hall–Kier alpha value is -2.73. The number of ether oxygens (including phenoxy) is 1. The van der Waals surface area contributed by atoms with Crippen molar-refractivity contribution in [1.82, 2.24) is 4.90 Å². The van der Waals surface area contributed by atoms with Gasteiger partial charge in [-0.15, -0.1) is 0 Å². The number of rotatable bonds is 7. The third-order valence-electron chi connectivity index (χ3n) is 4.88. The monoisotopic (exact) mass is 368 g/mol. The first-order valence-corrected chi connectivity index (χ1v) is 9.43. The Morgan fingerprint density at radius 2 is 1.74 bits per heavy atom. The van der Waals surface area contributed by atoms with Crippen molar-refractivity contribution in [1.29, 1.82) is 0 Å². The van der Waals surface area contributed by atoms with Crippen molar-refractivity contribution in [3.05, 3.63) is 48.5 Å². The van der Waals surface area contributed by atoms with Crippen molar-refractivity contribution in [3.63, 3.8) is 0 Å². The molecule has 1 amide bonds. The molecule has 6 nitrogen and oxygen atoms in total. The van der Waals surface area contributed by atoms with Crippen molar-refractivity contribution in [2.75, 3.05) is 61.9 Å². The van der Waals surface area contributed by atoms with E-state index in [0.717, 1.165) is 49.8 Å². The summed E-state index contributed by atoms with van der Waals surface area (Å²) in [5, 5.41) is 6.03. The molecule has 0 radical (unpaired) electrons. The number of methoxy groups -OCH3 is 1. The van der Waals surface area contributed by atoms with Crippen LogP contribution in [0.15, 0.2) is 48.5 Å². The highest BCUT2D eigenvalue weighted by atomic mass is 16.5. The Kier molecular flexibility index (Phi) is 6.54. The third kappa shape index (κ3) is 5.14. The van der Waals surface area contributed by atoms with E-state index in [1.807, 2.05) is 36.4 Å². The Morgan fingerprint density at radius 3 is 2.41 bits per heavy atom. The minimum absolute atomic E-state index is 0.0924. The predicted molar refractivity (Wildman–Crippen MR) is 111 cm³/mol. The van der Waals surface area contributed by atoms with Gasteiger partial charge in [-0.05, 0) is 42.9 Å². The number of amides is 1. The SMILES string of the molecule is CCN1CCN(c2ccc(NC(=O)CNc3ccccc3OC)cc2)CC1. The minimum atomic E-state index is -0.0924. The van der Waals surface area contributed by atoms with Gasteiger partial charge in [0, 0.05) is 37.6 Å². The molecule has 27 heavy (non-hydrogen) atoms. The van der Waals surface area contributed by atoms with Gasteiger partial charge in [-0.1, -0.05) is 19.1 Å². The van der Waals surface area contributed by atoms with Crippen LogP contribution in [-0.2, 0) is 4.79 Å². The van der Waals surface area contributed by atoms with Crippen LogP contribution in [0.3, 0.4) is 0 Å². The van der Waals surface area contributed by atoms with Crippen molar-refractivity contribution in [2.24, 2.45) is 0 Å². The minimum Gasteiger partial charge on any atom is -0.495 e. The molecule has 0 unspecified atom stereocenters. The normalized spacial score (nSPS) is 14.7. The first-order chi connectivity index (χ1) is 13.2. The average molecular weight is 368 g/mol. The van der Waals surface area contributed by atoms with Gasteiger partial charge in [0.1, 0.15) is 5.75 Å². The highest BCUT2D eigenvalue weighted by Crippen LogP contribution is 2.23. The highest BCUT2D eigenvalue weighted by Gasteiger charge is 2.15. The number of nitrogens with one attached hydrogen (secondary N) is 2. The molecule has 144 valence electrons. The molecule has 3 rings (SSSR count). The van der Waals surface area contributed by atoms with Gasteiger partial charge in [0.2, 0.25) is 5.91 Å². The quantitative estimate of drug-likeness (QED) is 0.787. The lowest BCUT2D eigenvalue weighted by atomic mass is 10.2. The number of piperazine rings is 1. The van der Waals surface area contributed by atoms with Crippen molar-refractivity contribution in [3.8, 4) is 5.75 Å². The molecule has 0 saturated carbocycles. The maximum absolute atomic E-state index is 12.2. The Morgan fingerprint density at radius 1 is 1.04 bits per heavy atom. The van der Waals surface area contributed by atoms with Gasteiger partial charge in [-0.2, -0.15) is 0 Å². The summed E-state index contributed by atoms with van der Waals surface area (Å²) in [5.74, 6) is 0.628. The summed E-state index contributed by atoms with van der Waals surface area (Å²) in [6, 6.07) is 15.6. The Labute approximate surface area is 161 Å². The summed E-state index contributed by atoms with van der Waals surface area (Å²) < 4.78 is 5.28. The maximum Gasteiger partial charge on any atom is 0.243 e. The lowest BCUT2D eigenvalue weighted by Crippen LogP contribution is -2.46. The number of benzene rings is 2. The summed E-state index contributed by atoms with van der Waals surface area (Å²) in [7, 11) is 1.62. The molecule has 2 aromatic carbocycles. The number of para-hydroxylation sites is 2. The van der Waals surface area contributed by atoms with Gasteiger partial charge in [0.05, 0.1) is 19.3 Å². The smallest absolute Gasteiger partial charge is 0.243 e. The topological polar surface area (TPSA) is 56.8 Å². The molecule has 1 aliphatic heterocycles. The molecule has 1 heterocycles. The van der Waals surface area contributed by atoms with Crippen LogP contribution in [0.2, 0.25) is 0 Å². The molecule has 2 aromatic rings. The van der Waals surface area contributed by atoms with Crippen molar-refractivity contribution in [2.45, 2.75) is 6.92 Å². The molecule has 6 heteroatoms. The summed E-state index contributed by atoms with van der Waals surface area (Å²) in [5.41, 5.74) is 2.81. The molecule has 0 aromatic heterocycles. The lowest BCUT2D eigenvalue weighted by Gasteiger charge is -2.35. The summed E-state index contributed by atoms with van der Waals surface area (Å²) >= 11 is 0. The van der Waals surface area contributed by atoms with E-state index in [9.17, 15) is 4.79 Å². The zero-order chi connectivity index (χ0) is 19.1. The average Bonchev–Trinajstić information content (AvgIpc) is 2.73. The van der Waals surface area contributed by atoms with Crippen LogP contribution >= 0.6 is 0 Å². The highest BCUT2D eigenvalue weighted by molar-refractivity contribution is 5.94. The van der Waals surface area contributed by atoms with E-state index >= 15 is 0 Å². The molecular formula is C21H28N4O2. The van der Waals surface area contributed by atoms with Gasteiger partial charge in [0.25, 0.3) is 0 Å². The fourth-order valence-electron chi connectivity index (χ4n) is 3.25. The molecule has 0 spiro atoms. The van der Waals surface area contributed by atoms with E-state index in [1.54, 1.807) is 7.11 Å². The number of carbonyl (C=O) groups excluding carboxylic acids is 1. The molecule has 0 atom stereocenters. The number of anilines is 3. The van der Waals surface area contributed by atoms with Gasteiger partial charge >= 0.3 is 0 Å². The largest absolute Gasteiger partial charge is 0.495 e. The molecule has 1 aliphatic rings. The molecular weight excluding hydrogens is 340 g/mol. The third-order valence-corrected chi connectivity index (χ3v) is 4.88. The molecule has 1 fully saturated rings. The van der Waals surface area contributed by atoms with E-state index in [4.69, 9.17) is 4.74 Å². The second-order valence-corrected chi connectivity index (χ2v) is 6.57. The van der Waals surface area contributed by atoms with Crippen molar-refractivity contribution >= 4 is 23.0 Å². The molecule has 0 aliphatic carbocycles. The van der Waals surface area contributed by atoms with E-state index < -0.39 is 0 Å². The molecule has 0 bridgehead atoms. The molecule has 1 saturated heterocycles. The predicted octanol–water partition coefficient (Wildman–Crippen LogP) is 2.89. The number of hydrogen-bond acceptors (Lipinski definition) is 5. The maximum atomic E-state index is 12.2. The summed E-state index contributed by atoms with van der Waals surface area (Å²) in [6.45, 7) is 7.79. The van der Waals surface area contributed by atoms with Crippen LogP contribution in [0.25, 0.3) is 0 Å². The zero-order valence-corrected chi connectivity index (χ0v) is 16.1. The molecule has 2 N–H and O–H groups in total. The summed E-state index contributed by atoms with van der Waals surface area (Å²) in [4.78, 5) is 17.1. The van der Waals surface area contributed by atoms with E-state index in [1.165, 1.54) is 5.69 Å². The van der Waals surface area contributed by atoms with E-state index in [2.05, 4.69) is 39.5 Å². The van der Waals surface area contributed by atoms with Crippen LogP contribution in [0.1, 0.15) is 6.92 Å². The second kappa shape index (κ2) is 9.28. The van der Waals surface area contributed by atoms with E-state index in [0.29, 0.717) is 0 Å². The van der Waals surface area contributed by atoms with Crippen LogP contribution in [0, 0.1) is 0 Å². The number of likely N-dealkylation sites (N-methyl/N-ethyl adjacent to an activating group) is 1. The van der Waals surface area contributed by atoms with Crippen LogP contribution in [-0.4, -0.2) is 57.2 Å². The fourth-order valence-corrected chi connectivity index (χ4v) is 3.25. The summed E-state index contributed by atoms with van der Waals surface area (Å²) in [6.07, 6.45) is 0. The number of hydrogen-bond donors (Lipinski definition) is 2. The Balaban J connectivity index is 1.50.